The van der Waals surface area contributed by atoms with Gasteiger partial charge in [0.05, 0.1) is 23.6 Å². The lowest BCUT2D eigenvalue weighted by Gasteiger charge is -2.32. The molecule has 27 heavy (non-hydrogen) atoms. The molecule has 7 nitrogen and oxygen atoms in total. The van der Waals surface area contributed by atoms with E-state index in [2.05, 4.69) is 15.0 Å². The molecule has 1 aliphatic heterocycles. The molecule has 3 aromatic heterocycles. The molecule has 0 radical (unpaired) electrons. The maximum absolute atomic E-state index is 14.1. The molecule has 0 unspecified atom stereocenters. The highest BCUT2D eigenvalue weighted by Crippen LogP contribution is 2.38. The number of hydrogen-bond acceptors (Lipinski definition) is 5. The Bertz CT molecular complexity index is 1110. The molecule has 136 valence electrons. The number of oxazole rings is 1. The van der Waals surface area contributed by atoms with E-state index in [1.165, 1.54) is 23.5 Å². The number of carbonyl (C=O) groups excluding carboxylic acids is 1. The molecule has 1 amide bonds. The van der Waals surface area contributed by atoms with Crippen LogP contribution in [0.1, 0.15) is 33.7 Å². The third-order valence-electron chi connectivity index (χ3n) is 4.70. The number of aromatic nitrogens is 3. The zero-order valence-electron chi connectivity index (χ0n) is 13.8. The molecule has 4 aromatic rings. The van der Waals surface area contributed by atoms with Gasteiger partial charge in [-0.25, -0.2) is 18.7 Å². The van der Waals surface area contributed by atoms with Gasteiger partial charge in [-0.3, -0.25) is 4.79 Å². The number of hydrogen-bond donors (Lipinski definition) is 1. The fourth-order valence-electron chi connectivity index (χ4n) is 3.46. The standard InChI is InChI=1S/C18H12F2N4O3/c19-10-1-2-11(20)17-9(10)5-13(27-17)16-15-12(22-7-23-15)3-4-24(16)18(25)14-6-21-8-26-14/h1-2,5-8,16H,3-4H2,(H,22,23)/t16-/m1/s1. The molecular weight excluding hydrogens is 358 g/mol. The minimum absolute atomic E-state index is 0.0136. The molecule has 0 saturated carbocycles. The average molecular weight is 370 g/mol. The quantitative estimate of drug-likeness (QED) is 0.585. The van der Waals surface area contributed by atoms with Crippen LogP contribution in [0, 0.1) is 11.6 Å². The number of furan rings is 1. The van der Waals surface area contributed by atoms with Crippen LogP contribution >= 0.6 is 0 Å². The maximum atomic E-state index is 14.1. The van der Waals surface area contributed by atoms with Crippen LogP contribution in [0.15, 0.2) is 46.0 Å². The van der Waals surface area contributed by atoms with Crippen LogP contribution in [0.3, 0.4) is 0 Å². The maximum Gasteiger partial charge on any atom is 0.292 e. The van der Waals surface area contributed by atoms with Gasteiger partial charge < -0.3 is 18.7 Å². The fraction of sp³-hybridized carbons (Fsp3) is 0.167. The summed E-state index contributed by atoms with van der Waals surface area (Å²) in [4.78, 5) is 25.5. The van der Waals surface area contributed by atoms with Crippen LogP contribution in [0.4, 0.5) is 8.78 Å². The summed E-state index contributed by atoms with van der Waals surface area (Å²) in [6.45, 7) is 0.349. The van der Waals surface area contributed by atoms with E-state index in [4.69, 9.17) is 8.83 Å². The smallest absolute Gasteiger partial charge is 0.292 e. The number of aromatic amines is 1. The molecule has 1 aliphatic rings. The number of nitrogens with one attached hydrogen (secondary N) is 1. The predicted octanol–water partition coefficient (Wildman–Crippen LogP) is 3.21. The van der Waals surface area contributed by atoms with Gasteiger partial charge in [0, 0.05) is 18.7 Å². The first-order valence-corrected chi connectivity index (χ1v) is 8.22. The van der Waals surface area contributed by atoms with Gasteiger partial charge in [-0.1, -0.05) is 0 Å². The Kier molecular flexibility index (Phi) is 3.36. The van der Waals surface area contributed by atoms with E-state index in [1.54, 1.807) is 0 Å². The molecule has 0 spiro atoms. The first-order chi connectivity index (χ1) is 13.1. The number of rotatable bonds is 2. The zero-order valence-corrected chi connectivity index (χ0v) is 13.8. The summed E-state index contributed by atoms with van der Waals surface area (Å²) in [7, 11) is 0. The van der Waals surface area contributed by atoms with Crippen LogP contribution in [0.25, 0.3) is 11.0 Å². The summed E-state index contributed by atoms with van der Waals surface area (Å²) < 4.78 is 38.9. The summed E-state index contributed by atoms with van der Waals surface area (Å²) in [5.41, 5.74) is 1.21. The number of imidazole rings is 1. The van der Waals surface area contributed by atoms with Crippen molar-refractivity contribution in [1.29, 1.82) is 0 Å². The van der Waals surface area contributed by atoms with Crippen LogP contribution in [0.2, 0.25) is 0 Å². The van der Waals surface area contributed by atoms with Crippen molar-refractivity contribution in [2.75, 3.05) is 6.54 Å². The van der Waals surface area contributed by atoms with Gasteiger partial charge in [0.25, 0.3) is 5.91 Å². The Morgan fingerprint density at radius 3 is 2.93 bits per heavy atom. The minimum atomic E-state index is -0.746. The van der Waals surface area contributed by atoms with Crippen molar-refractivity contribution in [3.63, 3.8) is 0 Å². The molecule has 0 bridgehead atoms. The Hall–Kier alpha value is -3.49. The van der Waals surface area contributed by atoms with E-state index in [-0.39, 0.29) is 22.5 Å². The van der Waals surface area contributed by atoms with Crippen LogP contribution in [0.5, 0.6) is 0 Å². The summed E-state index contributed by atoms with van der Waals surface area (Å²) >= 11 is 0. The SMILES string of the molecule is O=C(c1cnco1)N1CCc2[nH]cnc2[C@H]1c1cc2c(F)ccc(F)c2o1. The summed E-state index contributed by atoms with van der Waals surface area (Å²) in [6, 6.07) is 2.70. The Morgan fingerprint density at radius 2 is 2.15 bits per heavy atom. The largest absolute Gasteiger partial charge is 0.455 e. The second-order valence-corrected chi connectivity index (χ2v) is 6.20. The van der Waals surface area contributed by atoms with Crippen LogP contribution in [-0.4, -0.2) is 32.3 Å². The monoisotopic (exact) mass is 370 g/mol. The summed E-state index contributed by atoms with van der Waals surface area (Å²) in [6.07, 6.45) is 4.55. The highest BCUT2D eigenvalue weighted by molar-refractivity contribution is 5.92. The normalized spacial score (nSPS) is 16.7. The van der Waals surface area contributed by atoms with Gasteiger partial charge in [0.1, 0.15) is 17.6 Å². The highest BCUT2D eigenvalue weighted by atomic mass is 19.1. The number of fused-ring (bicyclic) bond motifs is 2. The van der Waals surface area contributed by atoms with Gasteiger partial charge >= 0.3 is 0 Å². The highest BCUT2D eigenvalue weighted by Gasteiger charge is 2.38. The number of amides is 1. The topological polar surface area (TPSA) is 88.2 Å². The van der Waals surface area contributed by atoms with E-state index in [0.717, 1.165) is 24.2 Å². The van der Waals surface area contributed by atoms with E-state index in [0.29, 0.717) is 18.7 Å². The lowest BCUT2D eigenvalue weighted by molar-refractivity contribution is 0.0640. The average Bonchev–Trinajstić information content (AvgIpc) is 3.43. The Labute approximate surface area is 150 Å². The second-order valence-electron chi connectivity index (χ2n) is 6.20. The minimum Gasteiger partial charge on any atom is -0.455 e. The number of halogens is 2. The molecule has 0 fully saturated rings. The predicted molar refractivity (Wildman–Crippen MR) is 87.8 cm³/mol. The molecule has 9 heteroatoms. The zero-order chi connectivity index (χ0) is 18.5. The van der Waals surface area contributed by atoms with Crippen molar-refractivity contribution < 1.29 is 22.4 Å². The van der Waals surface area contributed by atoms with Crippen molar-refractivity contribution in [3.05, 3.63) is 71.7 Å². The molecule has 5 rings (SSSR count). The Balaban J connectivity index is 1.67. The van der Waals surface area contributed by atoms with Gasteiger partial charge in [0.2, 0.25) is 5.76 Å². The van der Waals surface area contributed by atoms with Crippen molar-refractivity contribution in [1.82, 2.24) is 19.9 Å². The number of carbonyl (C=O) groups is 1. The van der Waals surface area contributed by atoms with E-state index >= 15 is 0 Å². The van der Waals surface area contributed by atoms with Crippen molar-refractivity contribution in [2.45, 2.75) is 12.5 Å². The number of H-pyrrole nitrogens is 1. The summed E-state index contributed by atoms with van der Waals surface area (Å²) in [5, 5.41) is 0.0136. The van der Waals surface area contributed by atoms with E-state index < -0.39 is 23.6 Å². The third-order valence-corrected chi connectivity index (χ3v) is 4.70. The van der Waals surface area contributed by atoms with E-state index in [9.17, 15) is 13.6 Å². The first kappa shape index (κ1) is 15.7. The van der Waals surface area contributed by atoms with Gasteiger partial charge in [-0.2, -0.15) is 0 Å². The molecule has 1 aromatic carbocycles. The van der Waals surface area contributed by atoms with Crippen molar-refractivity contribution in [3.8, 4) is 0 Å². The first-order valence-electron chi connectivity index (χ1n) is 8.22. The summed E-state index contributed by atoms with van der Waals surface area (Å²) in [5.74, 6) is -1.41. The van der Waals surface area contributed by atoms with Gasteiger partial charge in [-0.15, -0.1) is 0 Å². The fourth-order valence-corrected chi connectivity index (χ4v) is 3.46. The van der Waals surface area contributed by atoms with Gasteiger partial charge in [0.15, 0.2) is 17.8 Å². The second kappa shape index (κ2) is 5.76. The molecular formula is C18H12F2N4O3. The van der Waals surface area contributed by atoms with Crippen molar-refractivity contribution in [2.24, 2.45) is 0 Å². The molecule has 0 aliphatic carbocycles. The molecule has 1 N–H and O–H groups in total. The lowest BCUT2D eigenvalue weighted by atomic mass is 10.00. The number of nitrogens with zero attached hydrogens (tertiary/aromatic N) is 3. The Morgan fingerprint density at radius 1 is 1.30 bits per heavy atom. The molecule has 1 atom stereocenters. The molecule has 4 heterocycles. The molecule has 0 saturated heterocycles. The van der Waals surface area contributed by atoms with Gasteiger partial charge in [-0.05, 0) is 18.2 Å². The van der Waals surface area contributed by atoms with Crippen LogP contribution in [-0.2, 0) is 6.42 Å². The lowest BCUT2D eigenvalue weighted by Crippen LogP contribution is -2.40. The number of benzene rings is 1. The van der Waals surface area contributed by atoms with Crippen LogP contribution < -0.4 is 0 Å². The van der Waals surface area contributed by atoms with Crippen molar-refractivity contribution >= 4 is 16.9 Å². The third kappa shape index (κ3) is 2.35. The van der Waals surface area contributed by atoms with E-state index in [1.807, 2.05) is 0 Å².